The Bertz CT molecular complexity index is 985. The molecule has 2 aromatic carbocycles. The summed E-state index contributed by atoms with van der Waals surface area (Å²) in [6.45, 7) is 0. The zero-order valence-electron chi connectivity index (χ0n) is 11.9. The summed E-state index contributed by atoms with van der Waals surface area (Å²) in [6, 6.07) is 12.3. The maximum absolute atomic E-state index is 6.78. The van der Waals surface area contributed by atoms with Crippen LogP contribution >= 0.6 is 77.7 Å². The van der Waals surface area contributed by atoms with E-state index in [0.717, 1.165) is 40.6 Å². The van der Waals surface area contributed by atoms with Gasteiger partial charge < -0.3 is 0 Å². The van der Waals surface area contributed by atoms with Gasteiger partial charge in [0, 0.05) is 35.2 Å². The molecule has 0 aliphatic carbocycles. The quantitative estimate of drug-likeness (QED) is 0.248. The first-order valence-electron chi connectivity index (χ1n) is 6.95. The molecule has 0 nitrogen and oxygen atoms in total. The summed E-state index contributed by atoms with van der Waals surface area (Å²) in [6.07, 6.45) is 0. The predicted octanol–water partition coefficient (Wildman–Crippen LogP) is 9.13. The van der Waals surface area contributed by atoms with Gasteiger partial charge in [-0.2, -0.15) is 0 Å². The van der Waals surface area contributed by atoms with E-state index in [-0.39, 0.29) is 0 Å². The molecule has 0 bridgehead atoms. The lowest BCUT2D eigenvalue weighted by Crippen LogP contribution is -1.85. The minimum Gasteiger partial charge on any atom is -0.143 e. The number of hydrogen-bond acceptors (Lipinski definition) is 2. The van der Waals surface area contributed by atoms with Crippen LogP contribution in [0.4, 0.5) is 0 Å². The zero-order valence-corrected chi connectivity index (χ0v) is 18.3. The SMILES string of the molecule is Clc1c(-c2sccc2Br)ccc2ccc(-c3sccc3Br)c(Cl)c12. The Morgan fingerprint density at radius 2 is 1.12 bits per heavy atom. The molecular weight excluding hydrogens is 511 g/mol. The lowest BCUT2D eigenvalue weighted by atomic mass is 10.0. The molecule has 0 amide bonds. The topological polar surface area (TPSA) is 0 Å². The van der Waals surface area contributed by atoms with Crippen LogP contribution in [0.25, 0.3) is 31.7 Å². The Morgan fingerprint density at radius 3 is 1.50 bits per heavy atom. The molecule has 0 atom stereocenters. The molecule has 2 aromatic heterocycles. The largest absolute Gasteiger partial charge is 0.143 e. The van der Waals surface area contributed by atoms with E-state index in [4.69, 9.17) is 23.2 Å². The molecule has 120 valence electrons. The van der Waals surface area contributed by atoms with Crippen molar-refractivity contribution < 1.29 is 0 Å². The lowest BCUT2D eigenvalue weighted by molar-refractivity contribution is 1.70. The van der Waals surface area contributed by atoms with Gasteiger partial charge >= 0.3 is 0 Å². The van der Waals surface area contributed by atoms with E-state index in [1.165, 1.54) is 0 Å². The van der Waals surface area contributed by atoms with Crippen molar-refractivity contribution in [2.75, 3.05) is 0 Å². The maximum atomic E-state index is 6.78. The van der Waals surface area contributed by atoms with Crippen molar-refractivity contribution in [3.63, 3.8) is 0 Å². The van der Waals surface area contributed by atoms with E-state index in [1.807, 2.05) is 22.9 Å². The van der Waals surface area contributed by atoms with Gasteiger partial charge in [0.25, 0.3) is 0 Å². The molecule has 0 N–H and O–H groups in total. The van der Waals surface area contributed by atoms with Gasteiger partial charge in [-0.3, -0.25) is 0 Å². The minimum absolute atomic E-state index is 0.690. The van der Waals surface area contributed by atoms with Crippen molar-refractivity contribution in [2.24, 2.45) is 0 Å². The predicted molar refractivity (Wildman–Crippen MR) is 116 cm³/mol. The molecule has 6 heteroatoms. The number of rotatable bonds is 2. The second kappa shape index (κ2) is 6.75. The Labute approximate surface area is 174 Å². The number of fused-ring (bicyclic) bond motifs is 1. The van der Waals surface area contributed by atoms with Crippen LogP contribution in [0.1, 0.15) is 0 Å². The molecule has 0 saturated carbocycles. The van der Waals surface area contributed by atoms with Crippen LogP contribution in [0.5, 0.6) is 0 Å². The molecule has 0 fully saturated rings. The van der Waals surface area contributed by atoms with E-state index in [2.05, 4.69) is 56.1 Å². The highest BCUT2D eigenvalue weighted by molar-refractivity contribution is 9.11. The third-order valence-corrected chi connectivity index (χ3v) is 8.31. The first-order chi connectivity index (χ1) is 11.6. The van der Waals surface area contributed by atoms with Crippen LogP contribution in [0, 0.1) is 0 Å². The molecule has 0 saturated heterocycles. The van der Waals surface area contributed by atoms with Crippen molar-refractivity contribution in [1.82, 2.24) is 0 Å². The summed E-state index contributed by atoms with van der Waals surface area (Å²) in [5.74, 6) is 0. The molecular formula is C18H8Br2Cl2S2. The van der Waals surface area contributed by atoms with Gasteiger partial charge in [-0.25, -0.2) is 0 Å². The molecule has 4 rings (SSSR count). The molecule has 0 spiro atoms. The summed E-state index contributed by atoms with van der Waals surface area (Å²) in [5, 5.41) is 7.40. The number of hydrogen-bond donors (Lipinski definition) is 0. The fraction of sp³-hybridized carbons (Fsp3) is 0. The highest BCUT2D eigenvalue weighted by atomic mass is 79.9. The second-order valence-corrected chi connectivity index (χ2v) is 9.44. The normalized spacial score (nSPS) is 11.3. The lowest BCUT2D eigenvalue weighted by Gasteiger charge is -2.12. The van der Waals surface area contributed by atoms with Crippen molar-refractivity contribution in [3.8, 4) is 20.9 Å². The highest BCUT2D eigenvalue weighted by Crippen LogP contribution is 2.46. The van der Waals surface area contributed by atoms with Gasteiger partial charge in [0.2, 0.25) is 0 Å². The number of thiophene rings is 2. The Kier molecular flexibility index (Phi) is 4.80. The fourth-order valence-electron chi connectivity index (χ4n) is 2.66. The summed E-state index contributed by atoms with van der Waals surface area (Å²) in [5.41, 5.74) is 1.99. The molecule has 4 aromatic rings. The summed E-state index contributed by atoms with van der Waals surface area (Å²) in [4.78, 5) is 2.22. The van der Waals surface area contributed by atoms with E-state index in [1.54, 1.807) is 22.7 Å². The minimum atomic E-state index is 0.690. The van der Waals surface area contributed by atoms with Gasteiger partial charge in [-0.1, -0.05) is 47.5 Å². The van der Waals surface area contributed by atoms with Crippen molar-refractivity contribution in [1.29, 1.82) is 0 Å². The molecule has 0 radical (unpaired) electrons. The van der Waals surface area contributed by atoms with Crippen LogP contribution in [0.2, 0.25) is 10.0 Å². The first-order valence-corrected chi connectivity index (χ1v) is 11.1. The van der Waals surface area contributed by atoms with E-state index in [9.17, 15) is 0 Å². The first kappa shape index (κ1) is 17.1. The fourth-order valence-corrected chi connectivity index (χ4v) is 6.78. The zero-order chi connectivity index (χ0) is 16.8. The highest BCUT2D eigenvalue weighted by Gasteiger charge is 2.17. The molecule has 0 aliphatic heterocycles. The van der Waals surface area contributed by atoms with Gasteiger partial charge in [0.15, 0.2) is 0 Å². The third-order valence-electron chi connectivity index (χ3n) is 3.78. The standard InChI is InChI=1S/C18H8Br2Cl2S2/c19-12-5-7-23-17(12)10-3-1-9-2-4-11(16(22)14(9)15(10)21)18-13(20)6-8-24-18/h1-8H. The summed E-state index contributed by atoms with van der Waals surface area (Å²) < 4.78 is 2.09. The van der Waals surface area contributed by atoms with Crippen LogP contribution in [-0.4, -0.2) is 0 Å². The average Bonchev–Trinajstić information content (AvgIpc) is 3.17. The Morgan fingerprint density at radius 1 is 0.667 bits per heavy atom. The molecule has 24 heavy (non-hydrogen) atoms. The van der Waals surface area contributed by atoms with Gasteiger partial charge in [0.1, 0.15) is 0 Å². The Hall–Kier alpha value is -0.360. The van der Waals surface area contributed by atoms with Crippen LogP contribution in [0.3, 0.4) is 0 Å². The van der Waals surface area contributed by atoms with Crippen LogP contribution in [0.15, 0.2) is 56.1 Å². The van der Waals surface area contributed by atoms with Crippen molar-refractivity contribution in [3.05, 3.63) is 66.1 Å². The molecule has 0 aliphatic rings. The van der Waals surface area contributed by atoms with E-state index in [0.29, 0.717) is 10.0 Å². The molecule has 2 heterocycles. The van der Waals surface area contributed by atoms with Crippen molar-refractivity contribution >= 4 is 88.5 Å². The van der Waals surface area contributed by atoms with E-state index >= 15 is 0 Å². The van der Waals surface area contributed by atoms with Crippen molar-refractivity contribution in [2.45, 2.75) is 0 Å². The van der Waals surface area contributed by atoms with Gasteiger partial charge in [0.05, 0.1) is 10.0 Å². The van der Waals surface area contributed by atoms with Gasteiger partial charge in [-0.05, 0) is 60.1 Å². The molecule has 0 unspecified atom stereocenters. The maximum Gasteiger partial charge on any atom is 0.0586 e. The Balaban J connectivity index is 2.02. The van der Waals surface area contributed by atoms with Crippen LogP contribution < -0.4 is 0 Å². The summed E-state index contributed by atoms with van der Waals surface area (Å²) in [7, 11) is 0. The van der Waals surface area contributed by atoms with E-state index < -0.39 is 0 Å². The average molecular weight is 519 g/mol. The monoisotopic (exact) mass is 516 g/mol. The number of benzene rings is 2. The smallest absolute Gasteiger partial charge is 0.0586 e. The summed E-state index contributed by atoms with van der Waals surface area (Å²) >= 11 is 24.0. The van der Waals surface area contributed by atoms with Gasteiger partial charge in [-0.15, -0.1) is 22.7 Å². The second-order valence-electron chi connectivity index (χ2n) is 5.15. The number of halogens is 4. The van der Waals surface area contributed by atoms with Crippen LogP contribution in [-0.2, 0) is 0 Å². The third kappa shape index (κ3) is 2.77.